The fraction of sp³-hybridized carbons (Fsp3) is 1.00. The number of nitrogens with zero attached hydrogens (tertiary/aromatic N) is 2. The summed E-state index contributed by atoms with van der Waals surface area (Å²) in [6.07, 6.45) is 0.633. The van der Waals surface area contributed by atoms with Crippen LogP contribution in [0.4, 0.5) is 0 Å². The Morgan fingerprint density at radius 3 is 2.14 bits per heavy atom. The lowest BCUT2D eigenvalue weighted by molar-refractivity contribution is 0.00737. The average molecular weight is 221 g/mol. The van der Waals surface area contributed by atoms with E-state index in [1.165, 1.54) is 0 Å². The van der Waals surface area contributed by atoms with Gasteiger partial charge in [0.2, 0.25) is 0 Å². The van der Waals surface area contributed by atoms with E-state index < -0.39 is 5.00 Å². The standard InChI is InChI=1S/C10H21ClN2O/c1-8(2)12-13-10(5,11)7-9(3,4)14-6/h8H,7H2,1-6H3. The SMILES string of the molecule is COC(C)(C)CC(C)(Cl)N=NC(C)C. The zero-order valence-electron chi connectivity index (χ0n) is 9.97. The number of hydrogen-bond acceptors (Lipinski definition) is 3. The molecule has 0 aliphatic heterocycles. The number of rotatable bonds is 5. The molecule has 0 aliphatic carbocycles. The predicted molar refractivity (Wildman–Crippen MR) is 60.0 cm³/mol. The van der Waals surface area contributed by atoms with E-state index in [4.69, 9.17) is 16.3 Å². The molecule has 84 valence electrons. The summed E-state index contributed by atoms with van der Waals surface area (Å²) in [6, 6.07) is 0.179. The maximum absolute atomic E-state index is 6.20. The van der Waals surface area contributed by atoms with Crippen molar-refractivity contribution in [1.82, 2.24) is 0 Å². The average Bonchev–Trinajstić information content (AvgIpc) is 1.99. The van der Waals surface area contributed by atoms with Crippen LogP contribution in [-0.2, 0) is 4.74 Å². The van der Waals surface area contributed by atoms with Crippen LogP contribution in [0.3, 0.4) is 0 Å². The Balaban J connectivity index is 4.34. The first kappa shape index (κ1) is 13.8. The summed E-state index contributed by atoms with van der Waals surface area (Å²) in [7, 11) is 1.67. The van der Waals surface area contributed by atoms with Crippen LogP contribution in [0.25, 0.3) is 0 Å². The molecule has 0 aliphatic rings. The first-order valence-corrected chi connectivity index (χ1v) is 5.22. The highest BCUT2D eigenvalue weighted by molar-refractivity contribution is 6.23. The molecule has 3 nitrogen and oxygen atoms in total. The Morgan fingerprint density at radius 2 is 1.79 bits per heavy atom. The summed E-state index contributed by atoms with van der Waals surface area (Å²) < 4.78 is 5.29. The molecule has 0 aromatic rings. The van der Waals surface area contributed by atoms with Crippen molar-refractivity contribution in [2.24, 2.45) is 10.2 Å². The lowest BCUT2D eigenvalue weighted by atomic mass is 10.00. The van der Waals surface area contributed by atoms with Crippen molar-refractivity contribution < 1.29 is 4.74 Å². The highest BCUT2D eigenvalue weighted by Gasteiger charge is 2.30. The van der Waals surface area contributed by atoms with E-state index in [9.17, 15) is 0 Å². The van der Waals surface area contributed by atoms with Gasteiger partial charge < -0.3 is 4.74 Å². The molecule has 14 heavy (non-hydrogen) atoms. The minimum atomic E-state index is -0.677. The van der Waals surface area contributed by atoms with Crippen LogP contribution in [-0.4, -0.2) is 23.8 Å². The number of methoxy groups -OCH3 is 1. The van der Waals surface area contributed by atoms with E-state index in [1.807, 2.05) is 34.6 Å². The van der Waals surface area contributed by atoms with E-state index >= 15 is 0 Å². The lowest BCUT2D eigenvalue weighted by Crippen LogP contribution is -2.31. The molecule has 0 aromatic heterocycles. The van der Waals surface area contributed by atoms with Gasteiger partial charge in [0, 0.05) is 13.5 Å². The Morgan fingerprint density at radius 1 is 1.29 bits per heavy atom. The molecule has 1 atom stereocenters. The van der Waals surface area contributed by atoms with Crippen molar-refractivity contribution in [3.8, 4) is 0 Å². The molecular weight excluding hydrogens is 200 g/mol. The Labute approximate surface area is 91.9 Å². The van der Waals surface area contributed by atoms with Gasteiger partial charge in [-0.2, -0.15) is 10.2 Å². The molecule has 0 N–H and O–H groups in total. The quantitative estimate of drug-likeness (QED) is 0.396. The molecule has 1 unspecified atom stereocenters. The van der Waals surface area contributed by atoms with Gasteiger partial charge in [-0.3, -0.25) is 0 Å². The normalized spacial score (nSPS) is 17.7. The summed E-state index contributed by atoms with van der Waals surface area (Å²) in [5, 5.41) is 8.15. The molecule has 0 bridgehead atoms. The van der Waals surface area contributed by atoms with Crippen LogP contribution in [0.1, 0.15) is 41.0 Å². The summed E-state index contributed by atoms with van der Waals surface area (Å²) >= 11 is 6.20. The molecule has 4 heteroatoms. The number of ether oxygens (including phenoxy) is 1. The van der Waals surface area contributed by atoms with Crippen LogP contribution in [0.5, 0.6) is 0 Å². The van der Waals surface area contributed by atoms with Crippen LogP contribution < -0.4 is 0 Å². The van der Waals surface area contributed by atoms with Gasteiger partial charge >= 0.3 is 0 Å². The summed E-state index contributed by atoms with van der Waals surface area (Å²) in [5.74, 6) is 0. The van der Waals surface area contributed by atoms with Gasteiger partial charge in [0.1, 0.15) is 0 Å². The smallest absolute Gasteiger partial charge is 0.154 e. The van der Waals surface area contributed by atoms with Crippen molar-refractivity contribution in [2.75, 3.05) is 7.11 Å². The third kappa shape index (κ3) is 6.33. The molecule has 0 rings (SSSR count). The first-order chi connectivity index (χ1) is 6.18. The second-order valence-corrected chi connectivity index (χ2v) is 5.41. The van der Waals surface area contributed by atoms with Crippen molar-refractivity contribution >= 4 is 11.6 Å². The molecule has 0 radical (unpaired) electrons. The van der Waals surface area contributed by atoms with Gasteiger partial charge in [0.05, 0.1) is 11.6 Å². The second-order valence-electron chi connectivity index (χ2n) is 4.59. The maximum Gasteiger partial charge on any atom is 0.154 e. The van der Waals surface area contributed by atoms with Crippen molar-refractivity contribution in [3.63, 3.8) is 0 Å². The van der Waals surface area contributed by atoms with Crippen LogP contribution >= 0.6 is 11.6 Å². The Bertz CT molecular complexity index is 200. The summed E-state index contributed by atoms with van der Waals surface area (Å²) in [6.45, 7) is 9.76. The van der Waals surface area contributed by atoms with Gasteiger partial charge in [-0.1, -0.05) is 11.6 Å². The van der Waals surface area contributed by atoms with Gasteiger partial charge in [-0.15, -0.1) is 0 Å². The lowest BCUT2D eigenvalue weighted by Gasteiger charge is -2.28. The van der Waals surface area contributed by atoms with E-state index in [-0.39, 0.29) is 11.6 Å². The van der Waals surface area contributed by atoms with Gasteiger partial charge in [-0.05, 0) is 34.6 Å². The van der Waals surface area contributed by atoms with E-state index in [0.717, 1.165) is 0 Å². The van der Waals surface area contributed by atoms with E-state index in [2.05, 4.69) is 10.2 Å². The second kappa shape index (κ2) is 5.08. The number of halogens is 1. The third-order valence-electron chi connectivity index (χ3n) is 1.80. The highest BCUT2D eigenvalue weighted by Crippen LogP contribution is 2.30. The van der Waals surface area contributed by atoms with E-state index in [1.54, 1.807) is 7.11 Å². The number of alkyl halides is 1. The minimum Gasteiger partial charge on any atom is -0.379 e. The molecular formula is C10H21ClN2O. The summed E-state index contributed by atoms with van der Waals surface area (Å²) in [5.41, 5.74) is -0.271. The fourth-order valence-corrected chi connectivity index (χ4v) is 1.49. The summed E-state index contributed by atoms with van der Waals surface area (Å²) in [4.78, 5) is -0.677. The number of azo groups is 1. The van der Waals surface area contributed by atoms with Gasteiger partial charge in [-0.25, -0.2) is 0 Å². The fourth-order valence-electron chi connectivity index (χ4n) is 1.12. The minimum absolute atomic E-state index is 0.179. The molecule has 0 heterocycles. The predicted octanol–water partition coefficient (Wildman–Crippen LogP) is 3.62. The first-order valence-electron chi connectivity index (χ1n) is 4.84. The van der Waals surface area contributed by atoms with Crippen LogP contribution in [0.2, 0.25) is 0 Å². The zero-order valence-corrected chi connectivity index (χ0v) is 10.7. The largest absolute Gasteiger partial charge is 0.379 e. The Kier molecular flexibility index (Phi) is 5.02. The van der Waals surface area contributed by atoms with Gasteiger partial charge in [0.15, 0.2) is 5.00 Å². The van der Waals surface area contributed by atoms with E-state index in [0.29, 0.717) is 6.42 Å². The zero-order chi connectivity index (χ0) is 11.4. The van der Waals surface area contributed by atoms with Crippen LogP contribution in [0, 0.1) is 0 Å². The molecule has 0 saturated carbocycles. The molecule has 0 saturated heterocycles. The monoisotopic (exact) mass is 220 g/mol. The van der Waals surface area contributed by atoms with Gasteiger partial charge in [0.25, 0.3) is 0 Å². The topological polar surface area (TPSA) is 34.0 Å². The Hall–Kier alpha value is -0.150. The molecule has 0 amide bonds. The molecule has 0 aromatic carbocycles. The van der Waals surface area contributed by atoms with Crippen molar-refractivity contribution in [1.29, 1.82) is 0 Å². The van der Waals surface area contributed by atoms with Crippen LogP contribution in [0.15, 0.2) is 10.2 Å². The van der Waals surface area contributed by atoms with Crippen molar-refractivity contribution in [3.05, 3.63) is 0 Å². The third-order valence-corrected chi connectivity index (χ3v) is 2.01. The maximum atomic E-state index is 6.20. The number of hydrogen-bond donors (Lipinski definition) is 0. The molecule has 0 fully saturated rings. The molecule has 0 spiro atoms. The highest BCUT2D eigenvalue weighted by atomic mass is 35.5. The van der Waals surface area contributed by atoms with Crippen molar-refractivity contribution in [2.45, 2.75) is 57.7 Å².